The first kappa shape index (κ1) is 38.9. The fourth-order valence-electron chi connectivity index (χ4n) is 8.05. The van der Waals surface area contributed by atoms with E-state index in [2.05, 4.69) is 27.8 Å². The smallest absolute Gasteiger partial charge is 0.473 e. The predicted octanol–water partition coefficient (Wildman–Crippen LogP) is 8.66. The molecule has 1 N–H and O–H groups in total. The minimum atomic E-state index is -0.783. The number of hydrogen-bond donors (Lipinski definition) is 1. The van der Waals surface area contributed by atoms with E-state index in [1.165, 1.54) is 30.3 Å². The van der Waals surface area contributed by atoms with Crippen LogP contribution in [-0.4, -0.2) is 89.3 Å². The van der Waals surface area contributed by atoms with Gasteiger partial charge < -0.3 is 14.8 Å². The lowest BCUT2D eigenvalue weighted by Crippen LogP contribution is -2.39. The minimum absolute atomic E-state index is 0.0517. The van der Waals surface area contributed by atoms with E-state index < -0.39 is 29.4 Å². The predicted molar refractivity (Wildman–Crippen MR) is 209 cm³/mol. The van der Waals surface area contributed by atoms with Gasteiger partial charge in [0.1, 0.15) is 46.9 Å². The van der Waals surface area contributed by atoms with E-state index in [-0.39, 0.29) is 59.0 Å². The number of pyridine rings is 1. The molecule has 9 nitrogen and oxygen atoms in total. The molecular formula is C40H48ClF2N6O3S+. The van der Waals surface area contributed by atoms with E-state index in [1.807, 2.05) is 33.8 Å². The molecule has 2 aromatic rings. The number of aryl methyl sites for hydroxylation is 1. The van der Waals surface area contributed by atoms with Crippen molar-refractivity contribution in [2.75, 3.05) is 32.7 Å². The number of benzene rings is 1. The van der Waals surface area contributed by atoms with E-state index in [9.17, 15) is 4.79 Å². The number of rotatable bonds is 7. The van der Waals surface area contributed by atoms with Crippen LogP contribution in [0.2, 0.25) is 0 Å². The first-order chi connectivity index (χ1) is 25.4. The van der Waals surface area contributed by atoms with Gasteiger partial charge >= 0.3 is 6.09 Å². The summed E-state index contributed by atoms with van der Waals surface area (Å²) in [7, 11) is 7.19. The lowest BCUT2D eigenvalue weighted by molar-refractivity contribution is -0.444. The summed E-state index contributed by atoms with van der Waals surface area (Å²) in [5.41, 5.74) is 0.973. The molecule has 4 heterocycles. The number of carbonyl (C=O) groups excluding carboxylic acids is 1. The van der Waals surface area contributed by atoms with E-state index in [1.54, 1.807) is 12.3 Å². The summed E-state index contributed by atoms with van der Waals surface area (Å²) in [4.78, 5) is 30.4. The molecule has 1 unspecified atom stereocenters. The number of nitrogens with one attached hydrogen (secondary N) is 1. The van der Waals surface area contributed by atoms with Gasteiger partial charge in [0.25, 0.3) is 0 Å². The Bertz CT molecular complexity index is 1910. The molecule has 0 spiro atoms. The second-order valence-electron chi connectivity index (χ2n) is 15.2. The number of ether oxygens (including phenoxy) is 2. The number of amides is 1. The van der Waals surface area contributed by atoms with Crippen LogP contribution in [0.15, 0.2) is 32.8 Å². The normalized spacial score (nSPS) is 21.1. The van der Waals surface area contributed by atoms with E-state index >= 15 is 8.78 Å². The quantitative estimate of drug-likeness (QED) is 0.131. The van der Waals surface area contributed by atoms with E-state index in [0.717, 1.165) is 42.5 Å². The first-order valence-corrected chi connectivity index (χ1v) is 20.1. The molecule has 0 radical (unpaired) electrons. The Labute approximate surface area is 319 Å². The number of terminal acetylenes is 1. The molecule has 1 aromatic heterocycles. The fourth-order valence-corrected chi connectivity index (χ4v) is 8.67. The van der Waals surface area contributed by atoms with Gasteiger partial charge in [-0.25, -0.2) is 13.8 Å². The third-order valence-electron chi connectivity index (χ3n) is 10.4. The Kier molecular flexibility index (Phi) is 12.0. The van der Waals surface area contributed by atoms with Crippen LogP contribution in [0.1, 0.15) is 95.8 Å². The van der Waals surface area contributed by atoms with Crippen molar-refractivity contribution in [1.29, 1.82) is 0 Å². The van der Waals surface area contributed by atoms with E-state index in [4.69, 9.17) is 36.6 Å². The number of halogens is 3. The van der Waals surface area contributed by atoms with Crippen LogP contribution in [-0.2, 0) is 11.2 Å². The number of aromatic nitrogens is 1. The number of fused-ring (bicyclic) bond motifs is 3. The lowest BCUT2D eigenvalue weighted by Gasteiger charge is -2.32. The Hall–Kier alpha value is -3.79. The van der Waals surface area contributed by atoms with Crippen LogP contribution < -0.4 is 10.1 Å². The van der Waals surface area contributed by atoms with Gasteiger partial charge in [0, 0.05) is 34.5 Å². The van der Waals surface area contributed by atoms with Gasteiger partial charge in [0.05, 0.1) is 12.0 Å². The Morgan fingerprint density at radius 3 is 2.70 bits per heavy atom. The van der Waals surface area contributed by atoms with Crippen molar-refractivity contribution in [3.63, 3.8) is 0 Å². The lowest BCUT2D eigenvalue weighted by atomic mass is 9.85. The maximum atomic E-state index is 17.1. The highest BCUT2D eigenvalue weighted by Gasteiger charge is 2.43. The number of allylic oxidation sites excluding steroid dienone is 2. The van der Waals surface area contributed by atoms with E-state index in [0.29, 0.717) is 35.7 Å². The van der Waals surface area contributed by atoms with Gasteiger partial charge in [0.2, 0.25) is 5.88 Å². The molecule has 1 atom stereocenters. The highest BCUT2D eigenvalue weighted by molar-refractivity contribution is 8.21. The molecule has 2 saturated heterocycles. The molecule has 53 heavy (non-hydrogen) atoms. The molecule has 6 rings (SSSR count). The molecule has 1 aliphatic carbocycles. The molecule has 1 aromatic carbocycles. The summed E-state index contributed by atoms with van der Waals surface area (Å²) in [6, 6.07) is 3.49. The monoisotopic (exact) mass is 765 g/mol. The number of hydrogen-bond acceptors (Lipinski definition) is 9. The van der Waals surface area contributed by atoms with Crippen LogP contribution in [0.4, 0.5) is 19.3 Å². The third kappa shape index (κ3) is 8.32. The van der Waals surface area contributed by atoms with Crippen molar-refractivity contribution in [3.05, 3.63) is 40.5 Å². The van der Waals surface area contributed by atoms with Crippen molar-refractivity contribution >= 4 is 57.8 Å². The zero-order chi connectivity index (χ0) is 37.9. The standard InChI is InChI=1S/C40H48ClF2N6O3S/c1-7-28-30(42)12-11-26-23-27(53-41)24-29(31(26)28)34-33(43)35(44-6)32-36(45-17-8-14-40-15-9-19-49(40)20-10-16-40)46-18-22-48(38(50)52-39(3,4)5)21-13-25(2)51-37(32)47-34/h1,21,23-25H,6,8-20,22H2,2-5H3,(H,45,46)/q+1/b48-21+. The topological polar surface area (TPSA) is 91.4 Å². The average Bonchev–Trinajstić information content (AvgIpc) is 3.69. The minimum Gasteiger partial charge on any atom is -0.473 e. The molecule has 13 heteroatoms. The largest absolute Gasteiger partial charge is 0.596 e. The van der Waals surface area contributed by atoms with Gasteiger partial charge in [-0.2, -0.15) is 4.79 Å². The van der Waals surface area contributed by atoms with Gasteiger partial charge in [-0.15, -0.1) is 11.0 Å². The molecule has 0 bridgehead atoms. The van der Waals surface area contributed by atoms with Gasteiger partial charge in [-0.1, -0.05) is 5.92 Å². The molecule has 2 fully saturated rings. The molecular weight excluding hydrogens is 718 g/mol. The molecule has 282 valence electrons. The van der Waals surface area contributed by atoms with Crippen LogP contribution in [0.25, 0.3) is 16.8 Å². The van der Waals surface area contributed by atoms with Crippen LogP contribution in [0.3, 0.4) is 0 Å². The SMILES string of the molecule is C#CC1=C(F)CCc2cc(SCl)cc(-c3nc4c(c(N=C)c3F)C(NCCCC35CCCN3CCC5)=NCC/[N+](C(=O)OC(C)(C)C)=C\CC(C)O4)c21. The van der Waals surface area contributed by atoms with Gasteiger partial charge in [-0.3, -0.25) is 14.9 Å². The van der Waals surface area contributed by atoms with Crippen LogP contribution >= 0.6 is 21.7 Å². The maximum absolute atomic E-state index is 17.1. The second kappa shape index (κ2) is 16.3. The Morgan fingerprint density at radius 2 is 2.02 bits per heavy atom. The number of aliphatic imine (C=N–C) groups is 2. The van der Waals surface area contributed by atoms with Crippen molar-refractivity contribution in [2.45, 2.75) is 108 Å². The Balaban J connectivity index is 1.45. The first-order valence-electron chi connectivity index (χ1n) is 18.4. The number of carbonyl (C=O) groups is 1. The molecule has 3 aliphatic heterocycles. The summed E-state index contributed by atoms with van der Waals surface area (Å²) in [6.07, 6.45) is 14.1. The zero-order valence-electron chi connectivity index (χ0n) is 31.0. The Morgan fingerprint density at radius 1 is 1.26 bits per heavy atom. The summed E-state index contributed by atoms with van der Waals surface area (Å²) in [5, 5.41) is 3.47. The highest BCUT2D eigenvalue weighted by Crippen LogP contribution is 2.45. The fraction of sp³-hybridized carbons (Fsp3) is 0.525. The van der Waals surface area contributed by atoms with Crippen molar-refractivity contribution in [2.24, 2.45) is 9.98 Å². The summed E-state index contributed by atoms with van der Waals surface area (Å²) >= 11 is 0. The molecule has 1 amide bonds. The second-order valence-corrected chi connectivity index (χ2v) is 16.3. The molecule has 4 aliphatic rings. The summed E-state index contributed by atoms with van der Waals surface area (Å²) in [6.45, 7) is 14.3. The van der Waals surface area contributed by atoms with Gasteiger partial charge in [0.15, 0.2) is 18.6 Å². The number of nitrogens with zero attached hydrogens (tertiary/aromatic N) is 5. The van der Waals surface area contributed by atoms with Crippen molar-refractivity contribution in [3.8, 4) is 29.5 Å². The number of amidine groups is 1. The summed E-state index contributed by atoms with van der Waals surface area (Å²) in [5.74, 6) is 1.64. The average molecular weight is 766 g/mol. The third-order valence-corrected chi connectivity index (χ3v) is 11.4. The van der Waals surface area contributed by atoms with Crippen LogP contribution in [0.5, 0.6) is 5.88 Å². The van der Waals surface area contributed by atoms with Crippen molar-refractivity contribution < 1.29 is 27.6 Å². The highest BCUT2D eigenvalue weighted by atomic mass is 35.7. The molecule has 0 saturated carbocycles. The maximum Gasteiger partial charge on any atom is 0.596 e. The van der Waals surface area contributed by atoms with Crippen LogP contribution in [0, 0.1) is 18.2 Å². The summed E-state index contributed by atoms with van der Waals surface area (Å²) < 4.78 is 46.0. The zero-order valence-corrected chi connectivity index (χ0v) is 32.6. The van der Waals surface area contributed by atoms with Crippen molar-refractivity contribution in [1.82, 2.24) is 15.2 Å². The van der Waals surface area contributed by atoms with Gasteiger partial charge in [-0.05, 0) is 132 Å².